The van der Waals surface area contributed by atoms with Crippen molar-refractivity contribution in [3.05, 3.63) is 23.8 Å². The fourth-order valence-electron chi connectivity index (χ4n) is 4.91. The minimum absolute atomic E-state index is 0.229. The molecule has 3 aliphatic rings. The molecule has 0 aromatic carbocycles. The van der Waals surface area contributed by atoms with Crippen molar-refractivity contribution in [2.75, 3.05) is 7.11 Å². The smallest absolute Gasteiger partial charge is 0.0790 e. The van der Waals surface area contributed by atoms with E-state index in [2.05, 4.69) is 38.3 Å². The molecule has 2 heteroatoms. The van der Waals surface area contributed by atoms with Crippen molar-refractivity contribution in [1.82, 2.24) is 0 Å². The van der Waals surface area contributed by atoms with E-state index < -0.39 is 0 Å². The zero-order valence-electron chi connectivity index (χ0n) is 13.7. The molecular formula is C19H29NO. The first-order chi connectivity index (χ1) is 10.1. The van der Waals surface area contributed by atoms with Gasteiger partial charge in [-0.3, -0.25) is 4.99 Å². The molecule has 116 valence electrons. The molecule has 2 saturated carbocycles. The quantitative estimate of drug-likeness (QED) is 0.697. The van der Waals surface area contributed by atoms with Crippen molar-refractivity contribution in [2.24, 2.45) is 22.7 Å². The van der Waals surface area contributed by atoms with Crippen molar-refractivity contribution in [3.63, 3.8) is 0 Å². The van der Waals surface area contributed by atoms with Gasteiger partial charge in [0, 0.05) is 13.3 Å². The lowest BCUT2D eigenvalue weighted by Crippen LogP contribution is -2.43. The number of aliphatic imine (C=N–C) groups is 1. The summed E-state index contributed by atoms with van der Waals surface area (Å²) in [7, 11) is 1.77. The second-order valence-corrected chi connectivity index (χ2v) is 7.72. The normalized spacial score (nSPS) is 43.1. The maximum Gasteiger partial charge on any atom is 0.0790 e. The van der Waals surface area contributed by atoms with Gasteiger partial charge in [-0.05, 0) is 61.9 Å². The van der Waals surface area contributed by atoms with Crippen LogP contribution in [0.5, 0.6) is 0 Å². The van der Waals surface area contributed by atoms with Gasteiger partial charge in [-0.15, -0.1) is 0 Å². The summed E-state index contributed by atoms with van der Waals surface area (Å²) in [6.07, 6.45) is 16.6. The second-order valence-electron chi connectivity index (χ2n) is 7.72. The lowest BCUT2D eigenvalue weighted by Gasteiger charge is -2.47. The van der Waals surface area contributed by atoms with Gasteiger partial charge in [0.1, 0.15) is 0 Å². The number of hydrogen-bond donors (Lipinski definition) is 0. The van der Waals surface area contributed by atoms with Crippen LogP contribution in [0.1, 0.15) is 52.4 Å². The fraction of sp³-hybridized carbons (Fsp3) is 0.737. The van der Waals surface area contributed by atoms with Crippen molar-refractivity contribution in [1.29, 1.82) is 0 Å². The van der Waals surface area contributed by atoms with E-state index in [-0.39, 0.29) is 11.6 Å². The number of nitrogens with zero attached hydrogens (tertiary/aromatic N) is 1. The Hall–Kier alpha value is -0.890. The molecule has 3 atom stereocenters. The van der Waals surface area contributed by atoms with E-state index in [1.165, 1.54) is 37.7 Å². The summed E-state index contributed by atoms with van der Waals surface area (Å²) in [5, 5.41) is 0. The predicted octanol–water partition coefficient (Wildman–Crippen LogP) is 4.56. The van der Waals surface area contributed by atoms with Gasteiger partial charge in [-0.25, -0.2) is 0 Å². The summed E-state index contributed by atoms with van der Waals surface area (Å²) in [5.74, 6) is 2.58. The third-order valence-corrected chi connectivity index (χ3v) is 5.48. The Labute approximate surface area is 129 Å². The number of hydrogen-bond acceptors (Lipinski definition) is 2. The summed E-state index contributed by atoms with van der Waals surface area (Å²) >= 11 is 0. The zero-order chi connectivity index (χ0) is 14.9. The van der Waals surface area contributed by atoms with Crippen molar-refractivity contribution in [3.8, 4) is 0 Å². The van der Waals surface area contributed by atoms with E-state index in [0.29, 0.717) is 0 Å². The summed E-state index contributed by atoms with van der Waals surface area (Å²) in [6.45, 7) is 4.82. The molecule has 2 nitrogen and oxygen atoms in total. The topological polar surface area (TPSA) is 21.6 Å². The third kappa shape index (κ3) is 3.48. The minimum atomic E-state index is 0.229. The van der Waals surface area contributed by atoms with Crippen LogP contribution >= 0.6 is 0 Å². The molecule has 0 aliphatic heterocycles. The zero-order valence-corrected chi connectivity index (χ0v) is 13.7. The highest BCUT2D eigenvalue weighted by Gasteiger charge is 2.43. The van der Waals surface area contributed by atoms with Crippen molar-refractivity contribution in [2.45, 2.75) is 64.0 Å². The van der Waals surface area contributed by atoms with Crippen LogP contribution in [0.3, 0.4) is 0 Å². The standard InChI is InChI=1S/C19H29NO/c1-14-8-17-9-15(2)11-19(10-14,12-17)20-13-16-4-6-18(21-3)7-5-16/h4-6,13-15,17-18H,7-12H2,1-3H3. The lowest BCUT2D eigenvalue weighted by molar-refractivity contribution is 0.0858. The van der Waals surface area contributed by atoms with E-state index in [9.17, 15) is 0 Å². The van der Waals surface area contributed by atoms with Crippen LogP contribution in [0.4, 0.5) is 0 Å². The summed E-state index contributed by atoms with van der Waals surface area (Å²) in [5.41, 5.74) is 1.48. The molecule has 0 radical (unpaired) electrons. The Kier molecular flexibility index (Phi) is 4.35. The Morgan fingerprint density at radius 2 is 1.90 bits per heavy atom. The van der Waals surface area contributed by atoms with Gasteiger partial charge in [0.05, 0.1) is 11.6 Å². The van der Waals surface area contributed by atoms with Crippen LogP contribution in [0, 0.1) is 17.8 Å². The van der Waals surface area contributed by atoms with Crippen LogP contribution in [-0.2, 0) is 4.74 Å². The Balaban J connectivity index is 1.71. The van der Waals surface area contributed by atoms with Crippen LogP contribution in [-0.4, -0.2) is 25.0 Å². The highest BCUT2D eigenvalue weighted by molar-refractivity contribution is 5.83. The van der Waals surface area contributed by atoms with Gasteiger partial charge in [-0.2, -0.15) is 0 Å². The molecule has 0 aromatic heterocycles. The molecule has 21 heavy (non-hydrogen) atoms. The van der Waals surface area contributed by atoms with Gasteiger partial charge in [-0.1, -0.05) is 32.1 Å². The summed E-state index contributed by atoms with van der Waals surface area (Å²) in [4.78, 5) is 5.12. The number of rotatable bonds is 3. The van der Waals surface area contributed by atoms with Crippen LogP contribution < -0.4 is 0 Å². The fourth-order valence-corrected chi connectivity index (χ4v) is 4.91. The Morgan fingerprint density at radius 1 is 1.19 bits per heavy atom. The van der Waals surface area contributed by atoms with Gasteiger partial charge in [0.15, 0.2) is 0 Å². The first kappa shape index (κ1) is 15.0. The Bertz CT molecular complexity index is 443. The molecular weight excluding hydrogens is 258 g/mol. The first-order valence-corrected chi connectivity index (χ1v) is 8.55. The van der Waals surface area contributed by atoms with Gasteiger partial charge < -0.3 is 4.74 Å². The third-order valence-electron chi connectivity index (χ3n) is 5.48. The molecule has 3 rings (SSSR count). The van der Waals surface area contributed by atoms with Crippen LogP contribution in [0.2, 0.25) is 0 Å². The molecule has 3 aliphatic carbocycles. The molecule has 2 fully saturated rings. The molecule has 0 N–H and O–H groups in total. The van der Waals surface area contributed by atoms with Gasteiger partial charge in [0.25, 0.3) is 0 Å². The summed E-state index contributed by atoms with van der Waals surface area (Å²) < 4.78 is 5.35. The van der Waals surface area contributed by atoms with Crippen molar-refractivity contribution >= 4 is 6.21 Å². The summed E-state index contributed by atoms with van der Waals surface area (Å²) in [6, 6.07) is 0. The first-order valence-electron chi connectivity index (χ1n) is 8.55. The van der Waals surface area contributed by atoms with E-state index in [0.717, 1.165) is 24.2 Å². The molecule has 0 saturated heterocycles. The molecule has 0 amide bonds. The predicted molar refractivity (Wildman–Crippen MR) is 88.8 cm³/mol. The van der Waals surface area contributed by atoms with Crippen LogP contribution in [0.15, 0.2) is 28.8 Å². The van der Waals surface area contributed by atoms with E-state index >= 15 is 0 Å². The minimum Gasteiger partial charge on any atom is -0.377 e. The number of ether oxygens (including phenoxy) is 1. The molecule has 0 heterocycles. The second kappa shape index (κ2) is 6.08. The van der Waals surface area contributed by atoms with E-state index in [1.54, 1.807) is 7.11 Å². The highest BCUT2D eigenvalue weighted by Crippen LogP contribution is 2.49. The van der Waals surface area contributed by atoms with E-state index in [1.807, 2.05) is 0 Å². The molecule has 0 aromatic rings. The largest absolute Gasteiger partial charge is 0.377 e. The molecule has 2 bridgehead atoms. The maximum absolute atomic E-state index is 5.35. The Morgan fingerprint density at radius 3 is 2.48 bits per heavy atom. The highest BCUT2D eigenvalue weighted by atomic mass is 16.5. The lowest BCUT2D eigenvalue weighted by atomic mass is 9.61. The van der Waals surface area contributed by atoms with Gasteiger partial charge in [0.2, 0.25) is 0 Å². The monoisotopic (exact) mass is 287 g/mol. The number of allylic oxidation sites excluding steroid dienone is 2. The van der Waals surface area contributed by atoms with Gasteiger partial charge >= 0.3 is 0 Å². The maximum atomic E-state index is 5.35. The molecule has 3 unspecified atom stereocenters. The number of fused-ring (bicyclic) bond motifs is 2. The van der Waals surface area contributed by atoms with Crippen LogP contribution in [0.25, 0.3) is 0 Å². The SMILES string of the molecule is COC1C=CC(C=NC23CC(C)CC(CC(C)C2)C3)=CC1. The average Bonchev–Trinajstić information content (AvgIpc) is 2.44. The molecule has 0 spiro atoms. The number of methoxy groups -OCH3 is 1. The van der Waals surface area contributed by atoms with E-state index in [4.69, 9.17) is 9.73 Å². The average molecular weight is 287 g/mol. The van der Waals surface area contributed by atoms with Crippen molar-refractivity contribution < 1.29 is 4.74 Å².